The van der Waals surface area contributed by atoms with Crippen molar-refractivity contribution in [2.75, 3.05) is 27.3 Å². The second-order valence-corrected chi connectivity index (χ2v) is 5.66. The molecule has 2 aromatic rings. The maximum Gasteiger partial charge on any atom is 0.271 e. The zero-order valence-corrected chi connectivity index (χ0v) is 15.3. The lowest BCUT2D eigenvalue weighted by atomic mass is 10.1. The molecule has 1 aromatic heterocycles. The van der Waals surface area contributed by atoms with E-state index >= 15 is 0 Å². The number of H-pyrrole nitrogens is 1. The Hall–Kier alpha value is -2.80. The fourth-order valence-corrected chi connectivity index (χ4v) is 2.54. The highest BCUT2D eigenvalue weighted by Crippen LogP contribution is 2.29. The molecule has 0 aliphatic carbocycles. The molecule has 2 rings (SSSR count). The van der Waals surface area contributed by atoms with Gasteiger partial charge >= 0.3 is 0 Å². The summed E-state index contributed by atoms with van der Waals surface area (Å²) in [5, 5.41) is 5.26. The molecule has 2 amide bonds. The zero-order valence-electron chi connectivity index (χ0n) is 15.3. The van der Waals surface area contributed by atoms with E-state index in [1.54, 1.807) is 13.2 Å². The van der Waals surface area contributed by atoms with Gasteiger partial charge in [0.1, 0.15) is 17.5 Å². The molecule has 26 heavy (non-hydrogen) atoms. The lowest BCUT2D eigenvalue weighted by Gasteiger charge is -2.19. The zero-order chi connectivity index (χ0) is 18.9. The lowest BCUT2D eigenvalue weighted by molar-refractivity contribution is 0.0943. The summed E-state index contributed by atoms with van der Waals surface area (Å²) in [7, 11) is 3.15. The number of aromatic amines is 1. The number of amides is 2. The summed E-state index contributed by atoms with van der Waals surface area (Å²) in [6.07, 6.45) is 0.299. The third-order valence-corrected chi connectivity index (χ3v) is 3.84. The van der Waals surface area contributed by atoms with Crippen LogP contribution in [-0.2, 0) is 4.74 Å². The first-order valence-electron chi connectivity index (χ1n) is 8.54. The van der Waals surface area contributed by atoms with Gasteiger partial charge in [-0.15, -0.1) is 0 Å². The van der Waals surface area contributed by atoms with E-state index in [0.717, 1.165) is 5.56 Å². The monoisotopic (exact) mass is 359 g/mol. The molecule has 0 bridgehead atoms. The van der Waals surface area contributed by atoms with E-state index in [9.17, 15) is 9.59 Å². The van der Waals surface area contributed by atoms with Gasteiger partial charge in [0.2, 0.25) is 0 Å². The maximum absolute atomic E-state index is 12.2. The molecule has 1 heterocycles. The number of benzene rings is 1. The lowest BCUT2D eigenvalue weighted by Crippen LogP contribution is -2.23. The van der Waals surface area contributed by atoms with Crippen LogP contribution in [0.15, 0.2) is 36.4 Å². The molecule has 0 aliphatic heterocycles. The molecule has 0 aliphatic rings. The number of ether oxygens (including phenoxy) is 2. The minimum Gasteiger partial charge on any atom is -0.483 e. The van der Waals surface area contributed by atoms with E-state index in [0.29, 0.717) is 25.3 Å². The van der Waals surface area contributed by atoms with Gasteiger partial charge in [-0.05, 0) is 12.5 Å². The highest BCUT2D eigenvalue weighted by atomic mass is 16.5. The molecule has 0 unspecified atom stereocenters. The molecule has 0 saturated carbocycles. The van der Waals surface area contributed by atoms with Gasteiger partial charge < -0.3 is 25.1 Å². The first kappa shape index (κ1) is 19.5. The Balaban J connectivity index is 2.33. The summed E-state index contributed by atoms with van der Waals surface area (Å²) in [5.41, 5.74) is 1.46. The molecular formula is C19H25N3O4. The second kappa shape index (κ2) is 9.62. The van der Waals surface area contributed by atoms with E-state index in [-0.39, 0.29) is 29.3 Å². The van der Waals surface area contributed by atoms with Gasteiger partial charge in [-0.1, -0.05) is 30.3 Å². The van der Waals surface area contributed by atoms with Crippen LogP contribution in [0.4, 0.5) is 0 Å². The molecule has 0 saturated heterocycles. The van der Waals surface area contributed by atoms with Crippen LogP contribution in [-0.4, -0.2) is 44.1 Å². The summed E-state index contributed by atoms with van der Waals surface area (Å²) in [5.74, 6) is -0.315. The average molecular weight is 359 g/mol. The van der Waals surface area contributed by atoms with Crippen LogP contribution in [0, 0.1) is 0 Å². The minimum atomic E-state index is -0.353. The van der Waals surface area contributed by atoms with Crippen LogP contribution < -0.4 is 15.4 Å². The van der Waals surface area contributed by atoms with E-state index in [2.05, 4.69) is 15.6 Å². The predicted octanol–water partition coefficient (Wildman–Crippen LogP) is 2.28. The van der Waals surface area contributed by atoms with Crippen molar-refractivity contribution in [2.24, 2.45) is 0 Å². The van der Waals surface area contributed by atoms with E-state index in [4.69, 9.17) is 9.47 Å². The van der Waals surface area contributed by atoms with Crippen LogP contribution >= 0.6 is 0 Å². The fourth-order valence-electron chi connectivity index (χ4n) is 2.54. The SMILES string of the molecule is CCNC(=O)c1cc(O[C@@H](CCOC)c2ccccc2)c(C(=O)NC)[nH]1. The number of rotatable bonds is 9. The number of hydrogen-bond donors (Lipinski definition) is 3. The number of carbonyl (C=O) groups excluding carboxylic acids is 2. The number of aromatic nitrogens is 1. The minimum absolute atomic E-state index is 0.215. The number of carbonyl (C=O) groups is 2. The Morgan fingerprint density at radius 1 is 1.19 bits per heavy atom. The third-order valence-electron chi connectivity index (χ3n) is 3.84. The van der Waals surface area contributed by atoms with Crippen molar-refractivity contribution in [1.82, 2.24) is 15.6 Å². The van der Waals surface area contributed by atoms with Gasteiger partial charge in [-0.3, -0.25) is 9.59 Å². The van der Waals surface area contributed by atoms with E-state index < -0.39 is 0 Å². The summed E-state index contributed by atoms with van der Waals surface area (Å²) in [6.45, 7) is 2.82. The molecule has 0 radical (unpaired) electrons. The Bertz CT molecular complexity index is 728. The van der Waals surface area contributed by atoms with E-state index in [1.807, 2.05) is 37.3 Å². The van der Waals surface area contributed by atoms with E-state index in [1.165, 1.54) is 7.05 Å². The van der Waals surface area contributed by atoms with Crippen LogP contribution in [0.3, 0.4) is 0 Å². The second-order valence-electron chi connectivity index (χ2n) is 5.66. The molecular weight excluding hydrogens is 334 g/mol. The average Bonchev–Trinajstić information content (AvgIpc) is 3.09. The van der Waals surface area contributed by atoms with Crippen LogP contribution in [0.2, 0.25) is 0 Å². The fraction of sp³-hybridized carbons (Fsp3) is 0.368. The topological polar surface area (TPSA) is 92.4 Å². The van der Waals surface area contributed by atoms with Gasteiger partial charge in [-0.25, -0.2) is 0 Å². The quantitative estimate of drug-likeness (QED) is 0.640. The summed E-state index contributed by atoms with van der Waals surface area (Å²) in [6, 6.07) is 11.2. The molecule has 0 fully saturated rings. The predicted molar refractivity (Wildman–Crippen MR) is 98.5 cm³/mol. The standard InChI is InChI=1S/C19H25N3O4/c1-4-21-18(23)14-12-16(17(22-14)19(24)20-2)26-15(10-11-25-3)13-8-6-5-7-9-13/h5-9,12,15,22H,4,10-11H2,1-3H3,(H,20,24)(H,21,23)/t15-/m0/s1. The van der Waals surface area contributed by atoms with Gasteiger partial charge in [0.15, 0.2) is 5.75 Å². The molecule has 7 heteroatoms. The summed E-state index contributed by atoms with van der Waals surface area (Å²) >= 11 is 0. The largest absolute Gasteiger partial charge is 0.483 e. The third kappa shape index (κ3) is 4.86. The van der Waals surface area contributed by atoms with Gasteiger partial charge in [0, 0.05) is 33.2 Å². The van der Waals surface area contributed by atoms with Crippen molar-refractivity contribution in [3.05, 3.63) is 53.3 Å². The molecule has 0 spiro atoms. The first-order valence-corrected chi connectivity index (χ1v) is 8.54. The normalized spacial score (nSPS) is 11.7. The number of nitrogens with one attached hydrogen (secondary N) is 3. The Morgan fingerprint density at radius 3 is 2.54 bits per heavy atom. The highest BCUT2D eigenvalue weighted by Gasteiger charge is 2.22. The van der Waals surface area contributed by atoms with Crippen molar-refractivity contribution in [2.45, 2.75) is 19.4 Å². The molecule has 7 nitrogen and oxygen atoms in total. The summed E-state index contributed by atoms with van der Waals surface area (Å²) < 4.78 is 11.3. The molecule has 1 atom stereocenters. The van der Waals surface area contributed by atoms with Gasteiger partial charge in [0.05, 0.1) is 6.61 Å². The van der Waals surface area contributed by atoms with Gasteiger partial charge in [-0.2, -0.15) is 0 Å². The number of hydrogen-bond acceptors (Lipinski definition) is 4. The number of methoxy groups -OCH3 is 1. The molecule has 3 N–H and O–H groups in total. The van der Waals surface area contributed by atoms with Crippen LogP contribution in [0.25, 0.3) is 0 Å². The first-order chi connectivity index (χ1) is 12.6. The van der Waals surface area contributed by atoms with Crippen molar-refractivity contribution in [3.63, 3.8) is 0 Å². The summed E-state index contributed by atoms with van der Waals surface area (Å²) in [4.78, 5) is 27.1. The molecule has 140 valence electrons. The maximum atomic E-state index is 12.2. The van der Waals surface area contributed by atoms with Crippen molar-refractivity contribution < 1.29 is 19.1 Å². The van der Waals surface area contributed by atoms with Crippen molar-refractivity contribution >= 4 is 11.8 Å². The highest BCUT2D eigenvalue weighted by molar-refractivity contribution is 5.99. The molecule has 1 aromatic carbocycles. The Kier molecular flexibility index (Phi) is 7.23. The van der Waals surface area contributed by atoms with Crippen LogP contribution in [0.5, 0.6) is 5.75 Å². The van der Waals surface area contributed by atoms with Gasteiger partial charge in [0.25, 0.3) is 11.8 Å². The van der Waals surface area contributed by atoms with Crippen molar-refractivity contribution in [3.8, 4) is 5.75 Å². The Labute approximate surface area is 153 Å². The van der Waals surface area contributed by atoms with Crippen molar-refractivity contribution in [1.29, 1.82) is 0 Å². The Morgan fingerprint density at radius 2 is 1.92 bits per heavy atom. The smallest absolute Gasteiger partial charge is 0.271 e. The van der Waals surface area contributed by atoms with Crippen LogP contribution in [0.1, 0.15) is 46.0 Å².